The average molecular weight is 263 g/mol. The minimum absolute atomic E-state index is 0.219. The number of pyridine rings is 1. The summed E-state index contributed by atoms with van der Waals surface area (Å²) in [7, 11) is 0. The fourth-order valence-corrected chi connectivity index (χ4v) is 3.15. The molecule has 0 saturated carbocycles. The molecule has 0 unspecified atom stereocenters. The summed E-state index contributed by atoms with van der Waals surface area (Å²) in [6, 6.07) is 7.84. The number of carbonyl (C=O) groups is 1. The molecule has 0 amide bonds. The maximum atomic E-state index is 11.8. The molecule has 0 aliphatic heterocycles. The molecule has 0 bridgehead atoms. The Labute approximate surface area is 109 Å². The van der Waals surface area contributed by atoms with Crippen molar-refractivity contribution >= 4 is 28.9 Å². The molecule has 0 aliphatic rings. The van der Waals surface area contributed by atoms with Crippen LogP contribution < -0.4 is 0 Å². The van der Waals surface area contributed by atoms with Gasteiger partial charge < -0.3 is 0 Å². The molecular weight excluding hydrogens is 250 g/mol. The molecule has 4 heteroatoms. The third-order valence-corrected chi connectivity index (χ3v) is 4.29. The normalized spacial score (nSPS) is 10.4. The second-order valence-electron chi connectivity index (χ2n) is 3.69. The van der Waals surface area contributed by atoms with E-state index in [-0.39, 0.29) is 5.78 Å². The lowest BCUT2D eigenvalue weighted by Gasteiger charge is -1.99. The van der Waals surface area contributed by atoms with Crippen LogP contribution in [-0.4, -0.2) is 16.5 Å². The van der Waals surface area contributed by atoms with E-state index in [1.807, 2.05) is 37.4 Å². The van der Waals surface area contributed by atoms with Crippen LogP contribution in [-0.2, 0) is 5.75 Å². The maximum absolute atomic E-state index is 11.8. The van der Waals surface area contributed by atoms with E-state index in [2.05, 4.69) is 4.98 Å². The van der Waals surface area contributed by atoms with Gasteiger partial charge in [0.15, 0.2) is 5.78 Å². The summed E-state index contributed by atoms with van der Waals surface area (Å²) >= 11 is 3.20. The Kier molecular flexibility index (Phi) is 4.34. The number of Topliss-reactive ketones (excluding diaryl/α,β-unsaturated/α-hetero) is 1. The predicted molar refractivity (Wildman–Crippen MR) is 73.8 cm³/mol. The highest BCUT2D eigenvalue weighted by atomic mass is 32.2. The Balaban J connectivity index is 1.81. The van der Waals surface area contributed by atoms with E-state index >= 15 is 0 Å². The van der Waals surface area contributed by atoms with Crippen LogP contribution in [0.25, 0.3) is 0 Å². The topological polar surface area (TPSA) is 30.0 Å². The molecule has 17 heavy (non-hydrogen) atoms. The molecule has 0 fully saturated rings. The molecule has 0 radical (unpaired) electrons. The number of nitrogens with zero attached hydrogens (tertiary/aromatic N) is 1. The SMILES string of the molecule is Cc1ccc(C(=O)CSCc2cccnc2)s1. The summed E-state index contributed by atoms with van der Waals surface area (Å²) in [5.74, 6) is 1.59. The van der Waals surface area contributed by atoms with Crippen LogP contribution in [0.5, 0.6) is 0 Å². The summed E-state index contributed by atoms with van der Waals surface area (Å²) in [4.78, 5) is 17.9. The summed E-state index contributed by atoms with van der Waals surface area (Å²) < 4.78 is 0. The van der Waals surface area contributed by atoms with Gasteiger partial charge in [0.25, 0.3) is 0 Å². The summed E-state index contributed by atoms with van der Waals surface area (Å²) in [6.07, 6.45) is 3.60. The molecule has 0 aliphatic carbocycles. The third kappa shape index (κ3) is 3.68. The van der Waals surface area contributed by atoms with Crippen molar-refractivity contribution in [2.75, 3.05) is 5.75 Å². The number of thioether (sulfide) groups is 1. The molecule has 2 nitrogen and oxygen atoms in total. The van der Waals surface area contributed by atoms with Crippen molar-refractivity contribution in [3.63, 3.8) is 0 Å². The Hall–Kier alpha value is -1.13. The van der Waals surface area contributed by atoms with E-state index in [1.165, 1.54) is 4.88 Å². The lowest BCUT2D eigenvalue weighted by Crippen LogP contribution is -1.99. The van der Waals surface area contributed by atoms with Crippen LogP contribution in [0.1, 0.15) is 20.1 Å². The number of hydrogen-bond acceptors (Lipinski definition) is 4. The highest BCUT2D eigenvalue weighted by Crippen LogP contribution is 2.19. The first-order valence-corrected chi connectivity index (χ1v) is 7.29. The van der Waals surface area contributed by atoms with Gasteiger partial charge in [-0.2, -0.15) is 0 Å². The Morgan fingerprint density at radius 1 is 1.41 bits per heavy atom. The van der Waals surface area contributed by atoms with Crippen molar-refractivity contribution in [1.82, 2.24) is 4.98 Å². The number of hydrogen-bond donors (Lipinski definition) is 0. The van der Waals surface area contributed by atoms with Crippen molar-refractivity contribution < 1.29 is 4.79 Å². The number of carbonyl (C=O) groups excluding carboxylic acids is 1. The quantitative estimate of drug-likeness (QED) is 0.772. The first-order valence-electron chi connectivity index (χ1n) is 5.32. The van der Waals surface area contributed by atoms with Gasteiger partial charge in [-0.25, -0.2) is 0 Å². The van der Waals surface area contributed by atoms with Crippen LogP contribution in [0.15, 0.2) is 36.7 Å². The van der Waals surface area contributed by atoms with E-state index in [4.69, 9.17) is 0 Å². The molecule has 2 heterocycles. The molecule has 2 aromatic rings. The molecule has 88 valence electrons. The first kappa shape index (κ1) is 12.3. The van der Waals surface area contributed by atoms with E-state index in [0.717, 1.165) is 16.2 Å². The minimum atomic E-state index is 0.219. The highest BCUT2D eigenvalue weighted by molar-refractivity contribution is 7.99. The molecule has 2 aromatic heterocycles. The molecule has 0 spiro atoms. The monoisotopic (exact) mass is 263 g/mol. The van der Waals surface area contributed by atoms with Gasteiger partial charge in [0, 0.05) is 23.0 Å². The number of ketones is 1. The van der Waals surface area contributed by atoms with Crippen molar-refractivity contribution in [2.45, 2.75) is 12.7 Å². The first-order chi connectivity index (χ1) is 8.25. The van der Waals surface area contributed by atoms with Crippen LogP contribution in [0.4, 0.5) is 0 Å². The molecule has 0 N–H and O–H groups in total. The number of aromatic nitrogens is 1. The molecule has 0 aromatic carbocycles. The van der Waals surface area contributed by atoms with Gasteiger partial charge in [-0.1, -0.05) is 6.07 Å². The lowest BCUT2D eigenvalue weighted by atomic mass is 10.3. The zero-order valence-corrected chi connectivity index (χ0v) is 11.2. The molecule has 0 atom stereocenters. The molecule has 0 saturated heterocycles. The largest absolute Gasteiger partial charge is 0.292 e. The van der Waals surface area contributed by atoms with E-state index in [9.17, 15) is 4.79 Å². The Morgan fingerprint density at radius 3 is 2.94 bits per heavy atom. The second kappa shape index (κ2) is 5.98. The summed E-state index contributed by atoms with van der Waals surface area (Å²) in [5, 5.41) is 0. The van der Waals surface area contributed by atoms with Crippen LogP contribution in [0.3, 0.4) is 0 Å². The van der Waals surface area contributed by atoms with Gasteiger partial charge in [0.1, 0.15) is 0 Å². The zero-order chi connectivity index (χ0) is 12.1. The fourth-order valence-electron chi connectivity index (χ4n) is 1.40. The number of thiophene rings is 1. The van der Waals surface area contributed by atoms with Crippen molar-refractivity contribution in [3.05, 3.63) is 52.0 Å². The van der Waals surface area contributed by atoms with Crippen LogP contribution in [0.2, 0.25) is 0 Å². The second-order valence-corrected chi connectivity index (χ2v) is 5.96. The van der Waals surface area contributed by atoms with Gasteiger partial charge >= 0.3 is 0 Å². The average Bonchev–Trinajstić information content (AvgIpc) is 2.77. The predicted octanol–water partition coefficient (Wildman–Crippen LogP) is 3.57. The lowest BCUT2D eigenvalue weighted by molar-refractivity contribution is 0.102. The zero-order valence-electron chi connectivity index (χ0n) is 9.55. The highest BCUT2D eigenvalue weighted by Gasteiger charge is 2.08. The van der Waals surface area contributed by atoms with Gasteiger partial charge in [-0.15, -0.1) is 23.1 Å². The molecular formula is C13H13NOS2. The summed E-state index contributed by atoms with van der Waals surface area (Å²) in [5.41, 5.74) is 1.16. The number of aryl methyl sites for hydroxylation is 1. The van der Waals surface area contributed by atoms with Gasteiger partial charge in [0.2, 0.25) is 0 Å². The smallest absolute Gasteiger partial charge is 0.182 e. The Bertz CT molecular complexity index is 493. The van der Waals surface area contributed by atoms with Crippen LogP contribution in [0, 0.1) is 6.92 Å². The van der Waals surface area contributed by atoms with Gasteiger partial charge in [-0.3, -0.25) is 9.78 Å². The fraction of sp³-hybridized carbons (Fsp3) is 0.231. The third-order valence-electron chi connectivity index (χ3n) is 2.24. The van der Waals surface area contributed by atoms with E-state index < -0.39 is 0 Å². The van der Waals surface area contributed by atoms with E-state index in [1.54, 1.807) is 29.3 Å². The summed E-state index contributed by atoms with van der Waals surface area (Å²) in [6.45, 7) is 2.02. The number of rotatable bonds is 5. The maximum Gasteiger partial charge on any atom is 0.182 e. The minimum Gasteiger partial charge on any atom is -0.292 e. The van der Waals surface area contributed by atoms with E-state index in [0.29, 0.717) is 5.75 Å². The van der Waals surface area contributed by atoms with Gasteiger partial charge in [0.05, 0.1) is 10.6 Å². The molecule has 2 rings (SSSR count). The van der Waals surface area contributed by atoms with Crippen molar-refractivity contribution in [2.24, 2.45) is 0 Å². The van der Waals surface area contributed by atoms with Gasteiger partial charge in [-0.05, 0) is 30.7 Å². The van der Waals surface area contributed by atoms with Crippen molar-refractivity contribution in [3.8, 4) is 0 Å². The standard InChI is InChI=1S/C13H13NOS2/c1-10-4-5-13(17-10)12(15)9-16-8-11-3-2-6-14-7-11/h2-7H,8-9H2,1H3. The Morgan fingerprint density at radius 2 is 2.29 bits per heavy atom. The van der Waals surface area contributed by atoms with Crippen LogP contribution >= 0.6 is 23.1 Å². The van der Waals surface area contributed by atoms with Crippen molar-refractivity contribution in [1.29, 1.82) is 0 Å².